The lowest BCUT2D eigenvalue weighted by Gasteiger charge is -2.43. The first-order chi connectivity index (χ1) is 11.8. The summed E-state index contributed by atoms with van der Waals surface area (Å²) in [6.45, 7) is 14.9. The number of carbonyl (C=O) groups is 2. The van der Waals surface area contributed by atoms with Crippen LogP contribution in [-0.4, -0.2) is 63.0 Å². The van der Waals surface area contributed by atoms with Gasteiger partial charge in [-0.2, -0.15) is 11.8 Å². The topological polar surface area (TPSA) is 87.7 Å². The average Bonchev–Trinajstić information content (AvgIpc) is 2.51. The monoisotopic (exact) mass is 406 g/mol. The van der Waals surface area contributed by atoms with E-state index in [2.05, 4.69) is 44.5 Å². The Kier molecular flexibility index (Phi) is 10.4. The summed E-state index contributed by atoms with van der Waals surface area (Å²) >= 11 is 1.67. The van der Waals surface area contributed by atoms with Gasteiger partial charge >= 0.3 is 0 Å². The summed E-state index contributed by atoms with van der Waals surface area (Å²) in [6, 6.07) is 0. The standard InChI is InChI=1S/C18H38N2O4SSi/c1-17(2,3)26(7,8)24-15(18(4,5)13-21)16(23)20-10-9-14(22)19-11-12-25-6/h15,21H,9-13H2,1-8H3,(H,19,22)(H,20,23). The van der Waals surface area contributed by atoms with Crippen molar-refractivity contribution in [2.75, 3.05) is 31.7 Å². The summed E-state index contributed by atoms with van der Waals surface area (Å²) < 4.78 is 6.32. The van der Waals surface area contributed by atoms with Crippen LogP contribution in [0.2, 0.25) is 18.1 Å². The lowest BCUT2D eigenvalue weighted by Crippen LogP contribution is -2.55. The molecular formula is C18H38N2O4SSi. The van der Waals surface area contributed by atoms with E-state index in [1.54, 1.807) is 11.8 Å². The van der Waals surface area contributed by atoms with Crippen LogP contribution in [-0.2, 0) is 14.0 Å². The first kappa shape index (κ1) is 25.4. The second kappa shape index (κ2) is 10.7. The average molecular weight is 407 g/mol. The minimum absolute atomic E-state index is 0.0474. The predicted molar refractivity (Wildman–Crippen MR) is 112 cm³/mol. The van der Waals surface area contributed by atoms with Gasteiger partial charge in [0.2, 0.25) is 11.8 Å². The lowest BCUT2D eigenvalue weighted by molar-refractivity contribution is -0.135. The third-order valence-electron chi connectivity index (χ3n) is 4.85. The molecule has 0 aliphatic heterocycles. The largest absolute Gasteiger partial charge is 0.404 e. The van der Waals surface area contributed by atoms with Crippen LogP contribution in [0.1, 0.15) is 41.0 Å². The molecular weight excluding hydrogens is 368 g/mol. The van der Waals surface area contributed by atoms with Crippen molar-refractivity contribution in [1.29, 1.82) is 0 Å². The van der Waals surface area contributed by atoms with Gasteiger partial charge in [-0.3, -0.25) is 9.59 Å². The van der Waals surface area contributed by atoms with Gasteiger partial charge in [0.1, 0.15) is 6.10 Å². The Hall–Kier alpha value is -0.573. The Labute approximate surface area is 164 Å². The molecule has 0 spiro atoms. The molecule has 8 heteroatoms. The molecule has 0 bridgehead atoms. The number of aliphatic hydroxyl groups excluding tert-OH is 1. The van der Waals surface area contributed by atoms with E-state index < -0.39 is 19.8 Å². The minimum atomic E-state index is -2.19. The van der Waals surface area contributed by atoms with E-state index >= 15 is 0 Å². The molecule has 26 heavy (non-hydrogen) atoms. The Bertz CT molecular complexity index is 465. The molecule has 6 nitrogen and oxygen atoms in total. The van der Waals surface area contributed by atoms with E-state index in [-0.39, 0.29) is 36.4 Å². The van der Waals surface area contributed by atoms with Gasteiger partial charge in [0.25, 0.3) is 0 Å². The molecule has 0 aromatic heterocycles. The molecule has 0 rings (SSSR count). The second-order valence-corrected chi connectivity index (χ2v) is 14.5. The predicted octanol–water partition coefficient (Wildman–Crippen LogP) is 2.38. The second-order valence-electron chi connectivity index (χ2n) is 8.79. The summed E-state index contributed by atoms with van der Waals surface area (Å²) in [5.41, 5.74) is -0.708. The Morgan fingerprint density at radius 2 is 1.69 bits per heavy atom. The number of hydrogen-bond donors (Lipinski definition) is 3. The molecule has 154 valence electrons. The highest BCUT2D eigenvalue weighted by molar-refractivity contribution is 7.98. The quantitative estimate of drug-likeness (QED) is 0.362. The maximum Gasteiger partial charge on any atom is 0.248 e. The van der Waals surface area contributed by atoms with Crippen LogP contribution in [0.5, 0.6) is 0 Å². The fraction of sp³-hybridized carbons (Fsp3) is 0.889. The number of rotatable bonds is 11. The zero-order valence-corrected chi connectivity index (χ0v) is 19.5. The molecule has 0 aromatic carbocycles. The van der Waals surface area contributed by atoms with E-state index in [0.717, 1.165) is 5.75 Å². The number of thioether (sulfide) groups is 1. The van der Waals surface area contributed by atoms with E-state index in [0.29, 0.717) is 6.54 Å². The van der Waals surface area contributed by atoms with Gasteiger partial charge in [0, 0.05) is 30.7 Å². The van der Waals surface area contributed by atoms with Crippen molar-refractivity contribution in [1.82, 2.24) is 10.6 Å². The summed E-state index contributed by atoms with van der Waals surface area (Å²) in [5, 5.41) is 15.3. The van der Waals surface area contributed by atoms with Crippen molar-refractivity contribution in [2.24, 2.45) is 5.41 Å². The molecule has 0 aromatic rings. The number of hydrogen-bond acceptors (Lipinski definition) is 5. The smallest absolute Gasteiger partial charge is 0.248 e. The molecule has 1 unspecified atom stereocenters. The van der Waals surface area contributed by atoms with Crippen molar-refractivity contribution < 1.29 is 19.1 Å². The Balaban J connectivity index is 4.86. The van der Waals surface area contributed by atoms with Crippen LogP contribution in [0.25, 0.3) is 0 Å². The fourth-order valence-corrected chi connectivity index (χ4v) is 3.57. The minimum Gasteiger partial charge on any atom is -0.404 e. The molecule has 0 saturated carbocycles. The first-order valence-corrected chi connectivity index (χ1v) is 13.4. The van der Waals surface area contributed by atoms with E-state index in [9.17, 15) is 14.7 Å². The van der Waals surface area contributed by atoms with E-state index in [1.165, 1.54) is 0 Å². The number of amides is 2. The van der Waals surface area contributed by atoms with Gasteiger partial charge in [0.15, 0.2) is 8.32 Å². The maximum absolute atomic E-state index is 12.7. The first-order valence-electron chi connectivity index (χ1n) is 9.10. The Morgan fingerprint density at radius 1 is 1.12 bits per heavy atom. The molecule has 1 atom stereocenters. The highest BCUT2D eigenvalue weighted by Gasteiger charge is 2.45. The number of aliphatic hydroxyl groups is 1. The summed E-state index contributed by atoms with van der Waals surface area (Å²) in [6.07, 6.45) is 1.46. The normalized spacial score (nSPS) is 14.0. The van der Waals surface area contributed by atoms with Gasteiger partial charge < -0.3 is 20.2 Å². The molecule has 0 aliphatic rings. The zero-order chi connectivity index (χ0) is 20.6. The van der Waals surface area contributed by atoms with Gasteiger partial charge in [-0.05, 0) is 24.4 Å². The molecule has 2 amide bonds. The number of nitrogens with one attached hydrogen (secondary N) is 2. The summed E-state index contributed by atoms with van der Waals surface area (Å²) in [7, 11) is -2.19. The molecule has 0 heterocycles. The van der Waals surface area contributed by atoms with Crippen LogP contribution in [0.15, 0.2) is 0 Å². The summed E-state index contributed by atoms with van der Waals surface area (Å²) in [4.78, 5) is 24.5. The van der Waals surface area contributed by atoms with Gasteiger partial charge in [-0.15, -0.1) is 0 Å². The van der Waals surface area contributed by atoms with Crippen molar-refractivity contribution in [3.8, 4) is 0 Å². The van der Waals surface area contributed by atoms with Gasteiger partial charge in [-0.25, -0.2) is 0 Å². The molecule has 0 saturated heterocycles. The highest BCUT2D eigenvalue weighted by Crippen LogP contribution is 2.39. The van der Waals surface area contributed by atoms with Crippen molar-refractivity contribution in [3.05, 3.63) is 0 Å². The summed E-state index contributed by atoms with van der Waals surface area (Å²) in [5.74, 6) is 0.513. The van der Waals surface area contributed by atoms with Gasteiger partial charge in [-0.1, -0.05) is 34.6 Å². The van der Waals surface area contributed by atoms with Crippen molar-refractivity contribution in [3.63, 3.8) is 0 Å². The fourth-order valence-electron chi connectivity index (χ4n) is 1.90. The molecule has 0 aliphatic carbocycles. The van der Waals surface area contributed by atoms with Crippen molar-refractivity contribution in [2.45, 2.75) is 65.3 Å². The number of carbonyl (C=O) groups excluding carboxylic acids is 2. The van der Waals surface area contributed by atoms with Crippen LogP contribution in [0.4, 0.5) is 0 Å². The van der Waals surface area contributed by atoms with E-state index in [1.807, 2.05) is 20.1 Å². The van der Waals surface area contributed by atoms with Crippen LogP contribution in [0, 0.1) is 5.41 Å². The van der Waals surface area contributed by atoms with Crippen LogP contribution >= 0.6 is 11.8 Å². The SMILES string of the molecule is CSCCNC(=O)CCNC(=O)C(O[Si](C)(C)C(C)(C)C)C(C)(C)CO. The van der Waals surface area contributed by atoms with Gasteiger partial charge in [0.05, 0.1) is 6.61 Å². The molecule has 0 radical (unpaired) electrons. The van der Waals surface area contributed by atoms with Crippen LogP contribution in [0.3, 0.4) is 0 Å². The van der Waals surface area contributed by atoms with Crippen LogP contribution < -0.4 is 10.6 Å². The third kappa shape index (κ3) is 8.41. The highest BCUT2D eigenvalue weighted by atomic mass is 32.2. The Morgan fingerprint density at radius 3 is 2.15 bits per heavy atom. The van der Waals surface area contributed by atoms with Crippen molar-refractivity contribution >= 4 is 31.9 Å². The van der Waals surface area contributed by atoms with E-state index in [4.69, 9.17) is 4.43 Å². The third-order valence-corrected chi connectivity index (χ3v) is 9.90. The zero-order valence-electron chi connectivity index (χ0n) is 17.7. The maximum atomic E-state index is 12.7. The molecule has 3 N–H and O–H groups in total. The lowest BCUT2D eigenvalue weighted by atomic mass is 9.87. The molecule has 0 fully saturated rings.